The maximum absolute atomic E-state index is 13.0. The first-order valence-electron chi connectivity index (χ1n) is 7.36. The molecular formula is C16H18FN3O2. The topological polar surface area (TPSA) is 56.2 Å². The van der Waals surface area contributed by atoms with Crippen LogP contribution in [0.2, 0.25) is 0 Å². The van der Waals surface area contributed by atoms with Gasteiger partial charge in [0.15, 0.2) is 0 Å². The van der Waals surface area contributed by atoms with Gasteiger partial charge in [-0.15, -0.1) is 0 Å². The molecule has 116 valence electrons. The van der Waals surface area contributed by atoms with Gasteiger partial charge < -0.3 is 10.1 Å². The highest BCUT2D eigenvalue weighted by Gasteiger charge is 2.25. The molecule has 22 heavy (non-hydrogen) atoms. The van der Waals surface area contributed by atoms with Crippen molar-refractivity contribution in [3.8, 4) is 5.69 Å². The van der Waals surface area contributed by atoms with Gasteiger partial charge in [0.05, 0.1) is 24.7 Å². The molecule has 1 saturated heterocycles. The Labute approximate surface area is 128 Å². The third-order valence-electron chi connectivity index (χ3n) is 3.86. The summed E-state index contributed by atoms with van der Waals surface area (Å²) in [5.74, 6) is -0.535. The standard InChI is InChI=1S/C16H18FN3O2/c1-11(15-3-2-8-22-15)19-16(21)14-9-18-10-20(14)13-6-4-12(17)5-7-13/h4-7,9-11,15H,2-3,8H2,1H3,(H,19,21)/t11-,15+/m1/s1. The maximum atomic E-state index is 13.0. The fourth-order valence-electron chi connectivity index (χ4n) is 2.64. The summed E-state index contributed by atoms with van der Waals surface area (Å²) >= 11 is 0. The van der Waals surface area contributed by atoms with Gasteiger partial charge in [0.25, 0.3) is 5.91 Å². The normalized spacial score (nSPS) is 19.1. The van der Waals surface area contributed by atoms with E-state index in [9.17, 15) is 9.18 Å². The Kier molecular flexibility index (Phi) is 4.20. The lowest BCUT2D eigenvalue weighted by molar-refractivity contribution is 0.0708. The van der Waals surface area contributed by atoms with Crippen molar-refractivity contribution in [3.05, 3.63) is 48.3 Å². The first kappa shape index (κ1) is 14.7. The number of hydrogen-bond donors (Lipinski definition) is 1. The number of rotatable bonds is 4. The molecule has 1 amide bonds. The van der Waals surface area contributed by atoms with Gasteiger partial charge in [0.1, 0.15) is 11.5 Å². The third kappa shape index (κ3) is 3.01. The number of halogens is 1. The molecule has 1 aromatic heterocycles. The number of amides is 1. The van der Waals surface area contributed by atoms with Gasteiger partial charge in [0.2, 0.25) is 0 Å². The lowest BCUT2D eigenvalue weighted by atomic mass is 10.1. The van der Waals surface area contributed by atoms with Crippen LogP contribution in [0.4, 0.5) is 4.39 Å². The van der Waals surface area contributed by atoms with Crippen LogP contribution < -0.4 is 5.32 Å². The van der Waals surface area contributed by atoms with Gasteiger partial charge in [-0.25, -0.2) is 9.37 Å². The highest BCUT2D eigenvalue weighted by atomic mass is 19.1. The monoisotopic (exact) mass is 303 g/mol. The third-order valence-corrected chi connectivity index (χ3v) is 3.86. The molecule has 0 bridgehead atoms. The summed E-state index contributed by atoms with van der Waals surface area (Å²) in [6.07, 6.45) is 5.09. The van der Waals surface area contributed by atoms with Crippen LogP contribution in [0.5, 0.6) is 0 Å². The molecule has 2 atom stereocenters. The number of nitrogens with one attached hydrogen (secondary N) is 1. The van der Waals surface area contributed by atoms with E-state index in [0.29, 0.717) is 11.4 Å². The minimum Gasteiger partial charge on any atom is -0.376 e. The van der Waals surface area contributed by atoms with E-state index in [1.54, 1.807) is 23.0 Å². The van der Waals surface area contributed by atoms with Gasteiger partial charge in [-0.05, 0) is 44.0 Å². The predicted molar refractivity (Wildman–Crippen MR) is 79.4 cm³/mol. The van der Waals surface area contributed by atoms with E-state index in [1.165, 1.54) is 18.3 Å². The fourth-order valence-corrected chi connectivity index (χ4v) is 2.64. The second kappa shape index (κ2) is 6.27. The van der Waals surface area contributed by atoms with Crippen LogP contribution in [0.25, 0.3) is 5.69 Å². The van der Waals surface area contributed by atoms with Crippen LogP contribution in [0.3, 0.4) is 0 Å². The molecule has 1 N–H and O–H groups in total. The van der Waals surface area contributed by atoms with E-state index in [-0.39, 0.29) is 23.9 Å². The van der Waals surface area contributed by atoms with Gasteiger partial charge >= 0.3 is 0 Å². The molecule has 1 aromatic carbocycles. The number of carbonyl (C=O) groups is 1. The van der Waals surface area contributed by atoms with Gasteiger partial charge in [0, 0.05) is 12.3 Å². The van der Waals surface area contributed by atoms with Crippen molar-refractivity contribution in [2.24, 2.45) is 0 Å². The minimum atomic E-state index is -0.318. The molecule has 0 saturated carbocycles. The Hall–Kier alpha value is -2.21. The molecule has 0 radical (unpaired) electrons. The van der Waals surface area contributed by atoms with Crippen LogP contribution in [-0.4, -0.2) is 34.2 Å². The minimum absolute atomic E-state index is 0.0612. The Morgan fingerprint density at radius 3 is 2.91 bits per heavy atom. The summed E-state index contributed by atoms with van der Waals surface area (Å²) in [5.41, 5.74) is 1.10. The first-order valence-corrected chi connectivity index (χ1v) is 7.36. The lowest BCUT2D eigenvalue weighted by Gasteiger charge is -2.20. The average molecular weight is 303 g/mol. The van der Waals surface area contributed by atoms with E-state index in [2.05, 4.69) is 10.3 Å². The van der Waals surface area contributed by atoms with Crippen molar-refractivity contribution >= 4 is 5.91 Å². The Bertz CT molecular complexity index is 648. The Morgan fingerprint density at radius 1 is 1.45 bits per heavy atom. The van der Waals surface area contributed by atoms with Crippen molar-refractivity contribution in [1.82, 2.24) is 14.9 Å². The molecule has 6 heteroatoms. The van der Waals surface area contributed by atoms with Gasteiger partial charge in [-0.1, -0.05) is 0 Å². The molecule has 0 unspecified atom stereocenters. The highest BCUT2D eigenvalue weighted by molar-refractivity contribution is 5.93. The van der Waals surface area contributed by atoms with Crippen molar-refractivity contribution in [1.29, 1.82) is 0 Å². The van der Waals surface area contributed by atoms with Crippen molar-refractivity contribution < 1.29 is 13.9 Å². The number of aromatic nitrogens is 2. The smallest absolute Gasteiger partial charge is 0.270 e. The molecule has 1 aliphatic rings. The quantitative estimate of drug-likeness (QED) is 0.943. The summed E-state index contributed by atoms with van der Waals surface area (Å²) in [4.78, 5) is 16.5. The molecule has 5 nitrogen and oxygen atoms in total. The molecule has 2 heterocycles. The zero-order valence-electron chi connectivity index (χ0n) is 12.3. The van der Waals surface area contributed by atoms with Gasteiger partial charge in [-0.2, -0.15) is 0 Å². The largest absolute Gasteiger partial charge is 0.376 e. The summed E-state index contributed by atoms with van der Waals surface area (Å²) < 4.78 is 20.2. The number of hydrogen-bond acceptors (Lipinski definition) is 3. The molecule has 2 aromatic rings. The second-order valence-electron chi connectivity index (χ2n) is 5.44. The average Bonchev–Trinajstić information content (AvgIpc) is 3.19. The molecular weight excluding hydrogens is 285 g/mol. The Balaban J connectivity index is 1.76. The highest BCUT2D eigenvalue weighted by Crippen LogP contribution is 2.17. The van der Waals surface area contributed by atoms with Crippen LogP contribution >= 0.6 is 0 Å². The van der Waals surface area contributed by atoms with E-state index < -0.39 is 0 Å². The summed E-state index contributed by atoms with van der Waals surface area (Å²) in [6, 6.07) is 5.86. The van der Waals surface area contributed by atoms with E-state index in [4.69, 9.17) is 4.74 Å². The zero-order chi connectivity index (χ0) is 15.5. The second-order valence-corrected chi connectivity index (χ2v) is 5.44. The number of nitrogens with zero attached hydrogens (tertiary/aromatic N) is 2. The van der Waals surface area contributed by atoms with Crippen molar-refractivity contribution in [2.75, 3.05) is 6.61 Å². The lowest BCUT2D eigenvalue weighted by Crippen LogP contribution is -2.41. The number of ether oxygens (including phenoxy) is 1. The SMILES string of the molecule is C[C@@H](NC(=O)c1cncn1-c1ccc(F)cc1)[C@@H]1CCCO1. The van der Waals surface area contributed by atoms with Crippen LogP contribution in [0.1, 0.15) is 30.3 Å². The zero-order valence-corrected chi connectivity index (χ0v) is 12.3. The molecule has 1 aliphatic heterocycles. The van der Waals surface area contributed by atoms with Crippen molar-refractivity contribution in [3.63, 3.8) is 0 Å². The first-order chi connectivity index (χ1) is 10.6. The van der Waals surface area contributed by atoms with Crippen molar-refractivity contribution in [2.45, 2.75) is 31.9 Å². The van der Waals surface area contributed by atoms with E-state index >= 15 is 0 Å². The summed E-state index contributed by atoms with van der Waals surface area (Å²) in [6.45, 7) is 2.69. The van der Waals surface area contributed by atoms with E-state index in [0.717, 1.165) is 19.4 Å². The maximum Gasteiger partial charge on any atom is 0.270 e. The Morgan fingerprint density at radius 2 is 2.23 bits per heavy atom. The summed E-state index contributed by atoms with van der Waals surface area (Å²) in [5, 5.41) is 2.95. The molecule has 0 aliphatic carbocycles. The van der Waals surface area contributed by atoms with Crippen LogP contribution in [0.15, 0.2) is 36.8 Å². The van der Waals surface area contributed by atoms with Crippen LogP contribution in [0, 0.1) is 5.82 Å². The predicted octanol–water partition coefficient (Wildman–Crippen LogP) is 2.31. The van der Waals surface area contributed by atoms with E-state index in [1.807, 2.05) is 6.92 Å². The van der Waals surface area contributed by atoms with Crippen LogP contribution in [-0.2, 0) is 4.74 Å². The molecule has 1 fully saturated rings. The molecule has 3 rings (SSSR count). The number of benzene rings is 1. The fraction of sp³-hybridized carbons (Fsp3) is 0.375. The summed E-state index contributed by atoms with van der Waals surface area (Å²) in [7, 11) is 0. The number of carbonyl (C=O) groups excluding carboxylic acids is 1. The molecule has 0 spiro atoms. The number of imidazole rings is 1. The van der Waals surface area contributed by atoms with Gasteiger partial charge in [-0.3, -0.25) is 9.36 Å².